The van der Waals surface area contributed by atoms with Gasteiger partial charge in [-0.15, -0.1) is 0 Å². The van der Waals surface area contributed by atoms with Crippen LogP contribution in [0.2, 0.25) is 0 Å². The summed E-state index contributed by atoms with van der Waals surface area (Å²) in [7, 11) is 0. The SMILES string of the molecule is O=C(/C=C/C(=O)N(CCc1ccccc1)Cc1ccccc1)Oc1cccc(F)c1. The van der Waals surface area contributed by atoms with Crippen molar-refractivity contribution in [3.05, 3.63) is 114 Å². The lowest BCUT2D eigenvalue weighted by molar-refractivity contribution is -0.130. The van der Waals surface area contributed by atoms with Crippen LogP contribution in [0.4, 0.5) is 4.39 Å². The van der Waals surface area contributed by atoms with Crippen LogP contribution < -0.4 is 4.74 Å². The molecule has 3 rings (SSSR count). The minimum absolute atomic E-state index is 0.0855. The number of benzene rings is 3. The van der Waals surface area contributed by atoms with Gasteiger partial charge < -0.3 is 9.64 Å². The first-order chi connectivity index (χ1) is 14.6. The Bertz CT molecular complexity index is 1000. The molecule has 0 heterocycles. The van der Waals surface area contributed by atoms with E-state index in [2.05, 4.69) is 0 Å². The van der Waals surface area contributed by atoms with Gasteiger partial charge in [0.2, 0.25) is 5.91 Å². The minimum Gasteiger partial charge on any atom is -0.423 e. The van der Waals surface area contributed by atoms with Gasteiger partial charge >= 0.3 is 5.97 Å². The molecule has 0 spiro atoms. The van der Waals surface area contributed by atoms with E-state index in [1.165, 1.54) is 24.3 Å². The molecule has 152 valence electrons. The van der Waals surface area contributed by atoms with E-state index in [0.29, 0.717) is 19.5 Å². The number of ether oxygens (including phenoxy) is 1. The first-order valence-electron chi connectivity index (χ1n) is 9.62. The second-order valence-electron chi connectivity index (χ2n) is 6.69. The summed E-state index contributed by atoms with van der Waals surface area (Å²) in [5.41, 5.74) is 2.12. The smallest absolute Gasteiger partial charge is 0.336 e. The molecule has 0 fully saturated rings. The Balaban J connectivity index is 1.65. The van der Waals surface area contributed by atoms with Gasteiger partial charge in [-0.25, -0.2) is 9.18 Å². The fourth-order valence-electron chi connectivity index (χ4n) is 2.91. The summed E-state index contributed by atoms with van der Waals surface area (Å²) in [6, 6.07) is 24.8. The second-order valence-corrected chi connectivity index (χ2v) is 6.69. The zero-order chi connectivity index (χ0) is 21.2. The maximum atomic E-state index is 13.2. The van der Waals surface area contributed by atoms with Crippen molar-refractivity contribution in [2.24, 2.45) is 0 Å². The van der Waals surface area contributed by atoms with E-state index >= 15 is 0 Å². The van der Waals surface area contributed by atoms with Crippen LogP contribution in [0.3, 0.4) is 0 Å². The van der Waals surface area contributed by atoms with Gasteiger partial charge in [-0.3, -0.25) is 4.79 Å². The Hall–Kier alpha value is -3.73. The highest BCUT2D eigenvalue weighted by Crippen LogP contribution is 2.12. The molecule has 5 heteroatoms. The summed E-state index contributed by atoms with van der Waals surface area (Å²) in [5, 5.41) is 0. The molecule has 0 saturated carbocycles. The van der Waals surface area contributed by atoms with Crippen LogP contribution in [0.25, 0.3) is 0 Å². The predicted molar refractivity (Wildman–Crippen MR) is 113 cm³/mol. The van der Waals surface area contributed by atoms with Crippen LogP contribution in [-0.2, 0) is 22.6 Å². The van der Waals surface area contributed by atoms with Gasteiger partial charge in [-0.2, -0.15) is 0 Å². The molecule has 0 aliphatic carbocycles. The normalized spacial score (nSPS) is 10.7. The average molecular weight is 403 g/mol. The number of carbonyl (C=O) groups excluding carboxylic acids is 2. The molecule has 0 unspecified atom stereocenters. The summed E-state index contributed by atoms with van der Waals surface area (Å²) in [4.78, 5) is 26.4. The maximum absolute atomic E-state index is 13.2. The number of halogens is 1. The first-order valence-corrected chi connectivity index (χ1v) is 9.62. The predicted octanol–water partition coefficient (Wildman–Crippen LogP) is 4.56. The van der Waals surface area contributed by atoms with Crippen molar-refractivity contribution in [2.45, 2.75) is 13.0 Å². The van der Waals surface area contributed by atoms with Crippen molar-refractivity contribution in [3.8, 4) is 5.75 Å². The molecule has 3 aromatic rings. The Morgan fingerprint density at radius 3 is 2.17 bits per heavy atom. The van der Waals surface area contributed by atoms with Crippen molar-refractivity contribution in [2.75, 3.05) is 6.54 Å². The highest BCUT2D eigenvalue weighted by atomic mass is 19.1. The number of hydrogen-bond donors (Lipinski definition) is 0. The van der Waals surface area contributed by atoms with E-state index in [1.54, 1.807) is 4.90 Å². The summed E-state index contributed by atoms with van der Waals surface area (Å²) >= 11 is 0. The van der Waals surface area contributed by atoms with Gasteiger partial charge in [0.15, 0.2) is 0 Å². The fraction of sp³-hybridized carbons (Fsp3) is 0.120. The number of nitrogens with zero attached hydrogens (tertiary/aromatic N) is 1. The van der Waals surface area contributed by atoms with Crippen molar-refractivity contribution < 1.29 is 18.7 Å². The van der Waals surface area contributed by atoms with Crippen molar-refractivity contribution in [3.63, 3.8) is 0 Å². The first kappa shape index (κ1) is 21.0. The van der Waals surface area contributed by atoms with Gasteiger partial charge in [0.1, 0.15) is 11.6 Å². The summed E-state index contributed by atoms with van der Waals surface area (Å²) < 4.78 is 18.2. The molecule has 0 aliphatic heterocycles. The topological polar surface area (TPSA) is 46.6 Å². The monoisotopic (exact) mass is 403 g/mol. The van der Waals surface area contributed by atoms with E-state index in [1.807, 2.05) is 60.7 Å². The fourth-order valence-corrected chi connectivity index (χ4v) is 2.91. The third-order valence-corrected chi connectivity index (χ3v) is 4.42. The number of hydrogen-bond acceptors (Lipinski definition) is 3. The van der Waals surface area contributed by atoms with Crippen LogP contribution in [0, 0.1) is 5.82 Å². The minimum atomic E-state index is -0.739. The average Bonchev–Trinajstić information content (AvgIpc) is 2.76. The molecule has 0 atom stereocenters. The third kappa shape index (κ3) is 6.71. The van der Waals surface area contributed by atoms with Crippen LogP contribution in [0.1, 0.15) is 11.1 Å². The van der Waals surface area contributed by atoms with E-state index < -0.39 is 11.8 Å². The quantitative estimate of drug-likeness (QED) is 0.315. The zero-order valence-electron chi connectivity index (χ0n) is 16.4. The van der Waals surface area contributed by atoms with Gasteiger partial charge in [-0.1, -0.05) is 66.7 Å². The molecule has 0 radical (unpaired) electrons. The second kappa shape index (κ2) is 10.7. The Kier molecular flexibility index (Phi) is 7.50. The highest BCUT2D eigenvalue weighted by Gasteiger charge is 2.12. The molecule has 0 bridgehead atoms. The van der Waals surface area contributed by atoms with Crippen LogP contribution >= 0.6 is 0 Å². The summed E-state index contributed by atoms with van der Waals surface area (Å²) in [6.07, 6.45) is 2.95. The van der Waals surface area contributed by atoms with E-state index in [-0.39, 0.29) is 11.7 Å². The van der Waals surface area contributed by atoms with Crippen LogP contribution in [0.5, 0.6) is 5.75 Å². The Labute approximate surface area is 175 Å². The van der Waals surface area contributed by atoms with Crippen molar-refractivity contribution >= 4 is 11.9 Å². The zero-order valence-corrected chi connectivity index (χ0v) is 16.4. The molecular weight excluding hydrogens is 381 g/mol. The number of amides is 1. The van der Waals surface area contributed by atoms with Crippen LogP contribution in [-0.4, -0.2) is 23.3 Å². The lowest BCUT2D eigenvalue weighted by Gasteiger charge is -2.21. The standard InChI is InChI=1S/C25H22FNO3/c26-22-12-7-13-23(18-22)30-25(29)15-14-24(28)27(19-21-10-5-2-6-11-21)17-16-20-8-3-1-4-9-20/h1-15,18H,16-17,19H2/b15-14+. The lowest BCUT2D eigenvalue weighted by atomic mass is 10.1. The number of carbonyl (C=O) groups is 2. The Morgan fingerprint density at radius 1 is 0.833 bits per heavy atom. The number of esters is 1. The summed E-state index contributed by atoms with van der Waals surface area (Å²) in [6.45, 7) is 0.927. The molecule has 0 saturated heterocycles. The lowest BCUT2D eigenvalue weighted by Crippen LogP contribution is -2.31. The van der Waals surface area contributed by atoms with Gasteiger partial charge in [0.25, 0.3) is 0 Å². The van der Waals surface area contributed by atoms with Crippen molar-refractivity contribution in [1.82, 2.24) is 4.90 Å². The molecule has 30 heavy (non-hydrogen) atoms. The van der Waals surface area contributed by atoms with E-state index in [4.69, 9.17) is 4.74 Å². The highest BCUT2D eigenvalue weighted by molar-refractivity contribution is 5.95. The van der Waals surface area contributed by atoms with Gasteiger partial charge in [0.05, 0.1) is 0 Å². The van der Waals surface area contributed by atoms with Crippen LogP contribution in [0.15, 0.2) is 97.1 Å². The molecule has 0 aromatic heterocycles. The molecule has 0 aliphatic rings. The van der Waals surface area contributed by atoms with Crippen molar-refractivity contribution in [1.29, 1.82) is 0 Å². The molecule has 0 N–H and O–H groups in total. The van der Waals surface area contributed by atoms with E-state index in [9.17, 15) is 14.0 Å². The molecule has 1 amide bonds. The Morgan fingerprint density at radius 2 is 1.50 bits per heavy atom. The molecule has 4 nitrogen and oxygen atoms in total. The van der Waals surface area contributed by atoms with Gasteiger partial charge in [0, 0.05) is 31.3 Å². The van der Waals surface area contributed by atoms with E-state index in [0.717, 1.165) is 23.3 Å². The van der Waals surface area contributed by atoms with Gasteiger partial charge in [-0.05, 0) is 29.7 Å². The maximum Gasteiger partial charge on any atom is 0.336 e. The molecule has 3 aromatic carbocycles. The largest absolute Gasteiger partial charge is 0.423 e. The molecular formula is C25H22FNO3. The number of rotatable bonds is 8. The third-order valence-electron chi connectivity index (χ3n) is 4.42. The summed E-state index contributed by atoms with van der Waals surface area (Å²) in [5.74, 6) is -1.46.